The van der Waals surface area contributed by atoms with E-state index < -0.39 is 0 Å². The number of nitrogens with zero attached hydrogens (tertiary/aromatic N) is 3. The molecule has 1 N–H and O–H groups in total. The second-order valence-electron chi connectivity index (χ2n) is 7.36. The minimum atomic E-state index is -0.360. The molecule has 1 aliphatic rings. The van der Waals surface area contributed by atoms with E-state index in [4.69, 9.17) is 0 Å². The zero-order chi connectivity index (χ0) is 20.7. The average molecular weight is 398 g/mol. The standard InChI is InChI=1S/C23H18N4O3/c28-21-19-5-2-10-24-22(19)27(14-20(21)23(29)25-17-6-7-17)18-4-1-3-16(13-18)15-8-11-26(30)12-9-15/h1-5,8-14,17H,6-7H2,(H,25,29). The zero-order valence-corrected chi connectivity index (χ0v) is 16.0. The van der Waals surface area contributed by atoms with Gasteiger partial charge < -0.3 is 15.1 Å². The molecular formula is C23H18N4O3. The molecule has 1 aliphatic carbocycles. The lowest BCUT2D eigenvalue weighted by Crippen LogP contribution is -2.31. The Hall–Kier alpha value is -4.00. The van der Waals surface area contributed by atoms with Crippen LogP contribution in [0.3, 0.4) is 0 Å². The maximum Gasteiger partial charge on any atom is 0.257 e. The van der Waals surface area contributed by atoms with Crippen LogP contribution >= 0.6 is 0 Å². The molecule has 5 rings (SSSR count). The van der Waals surface area contributed by atoms with Gasteiger partial charge in [-0.05, 0) is 48.2 Å². The molecule has 0 bridgehead atoms. The summed E-state index contributed by atoms with van der Waals surface area (Å²) in [5.74, 6) is -0.360. The lowest BCUT2D eigenvalue weighted by atomic mass is 10.1. The maximum atomic E-state index is 12.9. The van der Waals surface area contributed by atoms with E-state index in [-0.39, 0.29) is 22.9 Å². The first kappa shape index (κ1) is 18.1. The van der Waals surface area contributed by atoms with E-state index in [1.54, 1.807) is 41.2 Å². The number of aromatic nitrogens is 3. The molecule has 7 nitrogen and oxygen atoms in total. The van der Waals surface area contributed by atoms with Crippen LogP contribution in [0.15, 0.2) is 78.1 Å². The number of hydrogen-bond donors (Lipinski definition) is 1. The Morgan fingerprint density at radius 3 is 2.67 bits per heavy atom. The lowest BCUT2D eigenvalue weighted by molar-refractivity contribution is -0.605. The molecule has 1 fully saturated rings. The minimum absolute atomic E-state index is 0.0971. The van der Waals surface area contributed by atoms with Crippen molar-refractivity contribution in [1.29, 1.82) is 0 Å². The van der Waals surface area contributed by atoms with Gasteiger partial charge >= 0.3 is 0 Å². The Labute approximate surface area is 171 Å². The monoisotopic (exact) mass is 398 g/mol. The SMILES string of the molecule is O=C(NC1CC1)c1cn(-c2cccc(-c3cc[n+]([O-])cc3)c2)c2ncccc2c1=O. The summed E-state index contributed by atoms with van der Waals surface area (Å²) in [4.78, 5) is 30.0. The smallest absolute Gasteiger partial charge is 0.257 e. The van der Waals surface area contributed by atoms with Crippen LogP contribution in [-0.2, 0) is 0 Å². The summed E-state index contributed by atoms with van der Waals surface area (Å²) in [6.07, 6.45) is 7.95. The van der Waals surface area contributed by atoms with Crippen LogP contribution in [0.4, 0.5) is 0 Å². The van der Waals surface area contributed by atoms with Crippen molar-refractivity contribution >= 4 is 16.9 Å². The summed E-state index contributed by atoms with van der Waals surface area (Å²) in [6, 6.07) is 14.7. The largest absolute Gasteiger partial charge is 0.619 e. The number of carbonyl (C=O) groups excluding carboxylic acids is 1. The number of hydrogen-bond acceptors (Lipinski definition) is 4. The molecule has 1 amide bonds. The van der Waals surface area contributed by atoms with Gasteiger partial charge in [0.15, 0.2) is 12.4 Å². The Balaban J connectivity index is 1.67. The van der Waals surface area contributed by atoms with Crippen molar-refractivity contribution in [1.82, 2.24) is 14.9 Å². The van der Waals surface area contributed by atoms with Crippen LogP contribution in [-0.4, -0.2) is 21.5 Å². The van der Waals surface area contributed by atoms with E-state index in [0.717, 1.165) is 34.4 Å². The number of amides is 1. The molecule has 0 radical (unpaired) electrons. The predicted molar refractivity (Wildman–Crippen MR) is 112 cm³/mol. The van der Waals surface area contributed by atoms with Crippen molar-refractivity contribution in [2.45, 2.75) is 18.9 Å². The minimum Gasteiger partial charge on any atom is -0.619 e. The van der Waals surface area contributed by atoms with Crippen LogP contribution in [0.2, 0.25) is 0 Å². The highest BCUT2D eigenvalue weighted by atomic mass is 16.5. The first-order valence-electron chi connectivity index (χ1n) is 9.71. The molecule has 3 aromatic heterocycles. The van der Waals surface area contributed by atoms with Gasteiger partial charge in [0.05, 0.1) is 5.39 Å². The third kappa shape index (κ3) is 3.30. The molecule has 7 heteroatoms. The third-order valence-electron chi connectivity index (χ3n) is 5.18. The van der Waals surface area contributed by atoms with Crippen molar-refractivity contribution in [3.05, 3.63) is 94.3 Å². The Bertz CT molecular complexity index is 1320. The molecule has 0 spiro atoms. The molecule has 0 saturated heterocycles. The Morgan fingerprint density at radius 1 is 1.10 bits per heavy atom. The first-order chi connectivity index (χ1) is 14.6. The van der Waals surface area contributed by atoms with Gasteiger partial charge in [-0.3, -0.25) is 9.59 Å². The van der Waals surface area contributed by atoms with Gasteiger partial charge in [-0.15, -0.1) is 0 Å². The van der Waals surface area contributed by atoms with E-state index in [1.807, 2.05) is 24.3 Å². The maximum absolute atomic E-state index is 12.9. The van der Waals surface area contributed by atoms with Gasteiger partial charge in [0.25, 0.3) is 5.91 Å². The quantitative estimate of drug-likeness (QED) is 0.423. The van der Waals surface area contributed by atoms with Gasteiger partial charge in [-0.2, -0.15) is 4.73 Å². The van der Waals surface area contributed by atoms with Crippen LogP contribution in [0.5, 0.6) is 0 Å². The predicted octanol–water partition coefficient (Wildman–Crippen LogP) is 2.58. The average Bonchev–Trinajstić information content (AvgIpc) is 3.59. The number of nitrogens with one attached hydrogen (secondary N) is 1. The molecule has 3 heterocycles. The molecule has 0 atom stereocenters. The normalized spacial score (nSPS) is 13.3. The first-order valence-corrected chi connectivity index (χ1v) is 9.71. The number of pyridine rings is 3. The molecule has 4 aromatic rings. The fourth-order valence-corrected chi connectivity index (χ4v) is 3.45. The third-order valence-corrected chi connectivity index (χ3v) is 5.18. The number of rotatable bonds is 4. The van der Waals surface area contributed by atoms with Gasteiger partial charge in [0, 0.05) is 36.3 Å². The second-order valence-corrected chi connectivity index (χ2v) is 7.36. The molecule has 148 valence electrons. The summed E-state index contributed by atoms with van der Waals surface area (Å²) in [6.45, 7) is 0. The molecule has 1 aromatic carbocycles. The fraction of sp³-hybridized carbons (Fsp3) is 0.130. The van der Waals surface area contributed by atoms with E-state index >= 15 is 0 Å². The number of fused-ring (bicyclic) bond motifs is 1. The van der Waals surface area contributed by atoms with Crippen molar-refractivity contribution in [3.8, 4) is 16.8 Å². The van der Waals surface area contributed by atoms with Gasteiger partial charge in [-0.1, -0.05) is 12.1 Å². The summed E-state index contributed by atoms with van der Waals surface area (Å²) in [7, 11) is 0. The van der Waals surface area contributed by atoms with Crippen molar-refractivity contribution in [3.63, 3.8) is 0 Å². The molecule has 0 aliphatic heterocycles. The summed E-state index contributed by atoms with van der Waals surface area (Å²) in [5.41, 5.74) is 2.80. The topological polar surface area (TPSA) is 90.9 Å². The summed E-state index contributed by atoms with van der Waals surface area (Å²) in [5, 5.41) is 14.6. The van der Waals surface area contributed by atoms with E-state index in [1.165, 1.54) is 12.4 Å². The van der Waals surface area contributed by atoms with E-state index in [9.17, 15) is 14.8 Å². The van der Waals surface area contributed by atoms with Crippen LogP contribution in [0, 0.1) is 5.21 Å². The van der Waals surface area contributed by atoms with Crippen molar-refractivity contribution in [2.24, 2.45) is 0 Å². The van der Waals surface area contributed by atoms with Crippen molar-refractivity contribution in [2.75, 3.05) is 0 Å². The van der Waals surface area contributed by atoms with E-state index in [0.29, 0.717) is 11.0 Å². The summed E-state index contributed by atoms with van der Waals surface area (Å²) < 4.78 is 2.50. The Morgan fingerprint density at radius 2 is 1.90 bits per heavy atom. The molecule has 30 heavy (non-hydrogen) atoms. The van der Waals surface area contributed by atoms with Gasteiger partial charge in [0.2, 0.25) is 5.43 Å². The molecule has 0 unspecified atom stereocenters. The van der Waals surface area contributed by atoms with Gasteiger partial charge in [-0.25, -0.2) is 4.98 Å². The lowest BCUT2D eigenvalue weighted by Gasteiger charge is -2.14. The van der Waals surface area contributed by atoms with Crippen LogP contribution < -0.4 is 15.5 Å². The fourth-order valence-electron chi connectivity index (χ4n) is 3.45. The van der Waals surface area contributed by atoms with E-state index in [2.05, 4.69) is 10.3 Å². The molecule has 1 saturated carbocycles. The van der Waals surface area contributed by atoms with Gasteiger partial charge in [0.1, 0.15) is 11.2 Å². The Kier molecular flexibility index (Phi) is 4.28. The highest BCUT2D eigenvalue weighted by molar-refractivity contribution is 5.97. The molecular weight excluding hydrogens is 380 g/mol. The van der Waals surface area contributed by atoms with Crippen LogP contribution in [0.25, 0.3) is 27.8 Å². The van der Waals surface area contributed by atoms with Crippen molar-refractivity contribution < 1.29 is 9.52 Å². The number of benzene rings is 1. The highest BCUT2D eigenvalue weighted by Crippen LogP contribution is 2.24. The number of carbonyl (C=O) groups is 1. The zero-order valence-electron chi connectivity index (χ0n) is 16.0. The highest BCUT2D eigenvalue weighted by Gasteiger charge is 2.26. The summed E-state index contributed by atoms with van der Waals surface area (Å²) >= 11 is 0. The second kappa shape index (κ2) is 7.11. The van der Waals surface area contributed by atoms with Crippen LogP contribution in [0.1, 0.15) is 23.2 Å².